The van der Waals surface area contributed by atoms with Gasteiger partial charge >= 0.3 is 5.97 Å². The number of aldehydes is 1. The topological polar surface area (TPSA) is 66.4 Å². The second kappa shape index (κ2) is 4.02. The van der Waals surface area contributed by atoms with E-state index in [1.165, 1.54) is 0 Å². The fraction of sp³-hybridized carbons (Fsp3) is 0.176. The van der Waals surface area contributed by atoms with Gasteiger partial charge in [0.2, 0.25) is 0 Å². The minimum Gasteiger partial charge on any atom is -0.479 e. The molecule has 0 saturated carbocycles. The largest absolute Gasteiger partial charge is 0.479 e. The average molecular weight is 279 g/mol. The second-order valence-electron chi connectivity index (χ2n) is 5.58. The molecule has 0 fully saturated rings. The van der Waals surface area contributed by atoms with Crippen LogP contribution in [-0.2, 0) is 16.8 Å². The second-order valence-corrected chi connectivity index (χ2v) is 5.58. The molecule has 4 rings (SSSR count). The minimum atomic E-state index is -1.20. The van der Waals surface area contributed by atoms with Gasteiger partial charge in [-0.05, 0) is 34.7 Å². The lowest BCUT2D eigenvalue weighted by Gasteiger charge is -2.34. The number of hydrogen-bond donors (Lipinski definition) is 2. The smallest absolute Gasteiger partial charge is 0.333 e. The number of carboxylic acid groups (broad SMARTS) is 1. The summed E-state index contributed by atoms with van der Waals surface area (Å²) in [6.45, 7) is 0. The van der Waals surface area contributed by atoms with E-state index in [0.29, 0.717) is 12.0 Å². The number of fused-ring (bicyclic) bond motifs is 7. The number of carbonyl (C=O) groups is 2. The zero-order valence-corrected chi connectivity index (χ0v) is 11.2. The van der Waals surface area contributed by atoms with Crippen molar-refractivity contribution in [2.24, 2.45) is 0 Å². The first kappa shape index (κ1) is 12.3. The summed E-state index contributed by atoms with van der Waals surface area (Å²) in [5.74, 6) is -0.905. The first-order chi connectivity index (χ1) is 10.2. The summed E-state index contributed by atoms with van der Waals surface area (Å²) in [6, 6.07) is 12.9. The van der Waals surface area contributed by atoms with Crippen molar-refractivity contribution in [2.45, 2.75) is 18.0 Å². The Labute approximate surface area is 121 Å². The highest BCUT2D eigenvalue weighted by Crippen LogP contribution is 2.48. The Morgan fingerprint density at radius 3 is 2.81 bits per heavy atom. The van der Waals surface area contributed by atoms with Crippen molar-refractivity contribution < 1.29 is 14.7 Å². The van der Waals surface area contributed by atoms with E-state index in [1.807, 2.05) is 24.3 Å². The molecule has 2 aromatic rings. The fourth-order valence-electron chi connectivity index (χ4n) is 3.68. The Bertz CT molecular complexity index is 783. The van der Waals surface area contributed by atoms with Crippen molar-refractivity contribution in [2.75, 3.05) is 0 Å². The van der Waals surface area contributed by atoms with Crippen molar-refractivity contribution in [3.8, 4) is 0 Å². The number of hydrogen-bond acceptors (Lipinski definition) is 3. The number of rotatable bonds is 2. The number of benzene rings is 2. The van der Waals surface area contributed by atoms with Gasteiger partial charge in [0, 0.05) is 11.6 Å². The van der Waals surface area contributed by atoms with E-state index in [1.54, 1.807) is 18.2 Å². The van der Waals surface area contributed by atoms with Crippen molar-refractivity contribution >= 4 is 12.3 Å². The monoisotopic (exact) mass is 279 g/mol. The Morgan fingerprint density at radius 2 is 2.05 bits per heavy atom. The molecule has 104 valence electrons. The van der Waals surface area contributed by atoms with Crippen LogP contribution < -0.4 is 5.32 Å². The van der Waals surface area contributed by atoms with Crippen LogP contribution >= 0.6 is 0 Å². The molecular weight excluding hydrogens is 266 g/mol. The Morgan fingerprint density at radius 1 is 1.24 bits per heavy atom. The molecule has 2 aromatic carbocycles. The van der Waals surface area contributed by atoms with Gasteiger partial charge in [-0.15, -0.1) is 0 Å². The van der Waals surface area contributed by atoms with Crippen molar-refractivity contribution in [3.63, 3.8) is 0 Å². The van der Waals surface area contributed by atoms with E-state index in [2.05, 4.69) is 5.32 Å². The number of aliphatic carboxylic acids is 1. The lowest BCUT2D eigenvalue weighted by atomic mass is 9.80. The summed E-state index contributed by atoms with van der Waals surface area (Å²) in [4.78, 5) is 23.1. The van der Waals surface area contributed by atoms with E-state index in [9.17, 15) is 14.7 Å². The van der Waals surface area contributed by atoms with Gasteiger partial charge in [0.1, 0.15) is 6.29 Å². The van der Waals surface area contributed by atoms with Crippen molar-refractivity contribution in [3.05, 3.63) is 70.3 Å². The lowest BCUT2D eigenvalue weighted by molar-refractivity contribution is -0.143. The molecule has 2 aliphatic rings. The summed E-state index contributed by atoms with van der Waals surface area (Å²) in [5.41, 5.74) is 2.89. The quantitative estimate of drug-likeness (QED) is 0.825. The van der Waals surface area contributed by atoms with E-state index in [4.69, 9.17) is 0 Å². The molecular formula is C17H13NO3. The molecule has 0 radical (unpaired) electrons. The van der Waals surface area contributed by atoms with E-state index < -0.39 is 11.5 Å². The minimum absolute atomic E-state index is 0.0216. The van der Waals surface area contributed by atoms with E-state index >= 15 is 0 Å². The predicted octanol–water partition coefficient (Wildman–Crippen LogP) is 2.03. The Balaban J connectivity index is 2.05. The molecule has 21 heavy (non-hydrogen) atoms. The molecule has 4 heteroatoms. The van der Waals surface area contributed by atoms with Gasteiger partial charge in [0.15, 0.2) is 5.54 Å². The van der Waals surface area contributed by atoms with Gasteiger partial charge in [-0.3, -0.25) is 10.1 Å². The van der Waals surface area contributed by atoms with Gasteiger partial charge in [-0.25, -0.2) is 4.79 Å². The van der Waals surface area contributed by atoms with E-state index in [-0.39, 0.29) is 6.04 Å². The third-order valence-corrected chi connectivity index (χ3v) is 4.55. The fourth-order valence-corrected chi connectivity index (χ4v) is 3.68. The third-order valence-electron chi connectivity index (χ3n) is 4.55. The van der Waals surface area contributed by atoms with Crippen LogP contribution in [0, 0.1) is 0 Å². The Hall–Kier alpha value is -2.46. The molecule has 0 aromatic heterocycles. The highest BCUT2D eigenvalue weighted by atomic mass is 16.4. The maximum absolute atomic E-state index is 12.1. The molecule has 2 heterocycles. The van der Waals surface area contributed by atoms with Gasteiger partial charge in [0.05, 0.1) is 0 Å². The molecule has 0 amide bonds. The van der Waals surface area contributed by atoms with Crippen LogP contribution in [-0.4, -0.2) is 17.4 Å². The lowest BCUT2D eigenvalue weighted by Crippen LogP contribution is -2.50. The zero-order chi connectivity index (χ0) is 14.6. The van der Waals surface area contributed by atoms with Crippen LogP contribution in [0.5, 0.6) is 0 Å². The average Bonchev–Trinajstić information content (AvgIpc) is 2.79. The van der Waals surface area contributed by atoms with Gasteiger partial charge in [-0.2, -0.15) is 0 Å². The zero-order valence-electron chi connectivity index (χ0n) is 11.2. The van der Waals surface area contributed by atoms with Crippen LogP contribution in [0.3, 0.4) is 0 Å². The predicted molar refractivity (Wildman–Crippen MR) is 76.3 cm³/mol. The normalized spacial score (nSPS) is 25.0. The standard InChI is InChI=1S/C17H13NO3/c19-9-10-5-6-13-11(7-10)8-15-12-3-1-2-4-14(12)17(13,18-15)16(20)21/h1-7,9,15,18H,8H2,(H,20,21). The first-order valence-corrected chi connectivity index (χ1v) is 6.86. The molecule has 2 aliphatic heterocycles. The summed E-state index contributed by atoms with van der Waals surface area (Å²) in [7, 11) is 0. The summed E-state index contributed by atoms with van der Waals surface area (Å²) in [6.07, 6.45) is 1.49. The summed E-state index contributed by atoms with van der Waals surface area (Å²) >= 11 is 0. The molecule has 4 nitrogen and oxygen atoms in total. The number of carboxylic acids is 1. The maximum Gasteiger partial charge on any atom is 0.333 e. The molecule has 0 aliphatic carbocycles. The molecule has 2 atom stereocenters. The highest BCUT2D eigenvalue weighted by Gasteiger charge is 2.54. The van der Waals surface area contributed by atoms with Crippen molar-refractivity contribution in [1.82, 2.24) is 5.32 Å². The van der Waals surface area contributed by atoms with Crippen molar-refractivity contribution in [1.29, 1.82) is 0 Å². The molecule has 0 spiro atoms. The molecule has 0 saturated heterocycles. The SMILES string of the molecule is O=Cc1ccc2c(c1)CC1NC2(C(=O)O)c2ccccc21. The van der Waals surface area contributed by atoms with Crippen LogP contribution in [0.1, 0.15) is 38.7 Å². The van der Waals surface area contributed by atoms with Gasteiger partial charge in [-0.1, -0.05) is 36.4 Å². The first-order valence-electron chi connectivity index (χ1n) is 6.86. The summed E-state index contributed by atoms with van der Waals surface area (Å²) < 4.78 is 0. The van der Waals surface area contributed by atoms with Crippen LogP contribution in [0.2, 0.25) is 0 Å². The summed E-state index contributed by atoms with van der Waals surface area (Å²) in [5, 5.41) is 13.2. The molecule has 2 unspecified atom stereocenters. The third kappa shape index (κ3) is 1.42. The van der Waals surface area contributed by atoms with Gasteiger partial charge in [0.25, 0.3) is 0 Å². The van der Waals surface area contributed by atoms with Crippen LogP contribution in [0.4, 0.5) is 0 Å². The highest BCUT2D eigenvalue weighted by molar-refractivity contribution is 5.89. The van der Waals surface area contributed by atoms with E-state index in [0.717, 1.165) is 28.5 Å². The maximum atomic E-state index is 12.1. The van der Waals surface area contributed by atoms with Crippen LogP contribution in [0.15, 0.2) is 42.5 Å². The Kier molecular flexibility index (Phi) is 2.35. The molecule has 2 bridgehead atoms. The van der Waals surface area contributed by atoms with Gasteiger partial charge < -0.3 is 5.11 Å². The number of carbonyl (C=O) groups excluding carboxylic acids is 1. The number of nitrogens with one attached hydrogen (secondary N) is 1. The van der Waals surface area contributed by atoms with Crippen LogP contribution in [0.25, 0.3) is 0 Å². The molecule has 2 N–H and O–H groups in total.